The highest BCUT2D eigenvalue weighted by molar-refractivity contribution is 6.30. The SMILES string of the molecule is O=[N+]([O-])c1ccc(Oc2ccc3c(c2)CCC(c2cccc(Cl)c2)O3)nc1. The van der Waals surface area contributed by atoms with Gasteiger partial charge in [0.1, 0.15) is 23.8 Å². The zero-order valence-electron chi connectivity index (χ0n) is 14.2. The molecule has 1 atom stereocenters. The Morgan fingerprint density at radius 2 is 2.07 bits per heavy atom. The van der Waals surface area contributed by atoms with Crippen LogP contribution in [-0.4, -0.2) is 9.91 Å². The maximum absolute atomic E-state index is 10.7. The van der Waals surface area contributed by atoms with Crippen LogP contribution in [0.25, 0.3) is 0 Å². The molecule has 0 N–H and O–H groups in total. The van der Waals surface area contributed by atoms with Gasteiger partial charge in [0, 0.05) is 17.2 Å². The third-order valence-corrected chi connectivity index (χ3v) is 4.59. The fraction of sp³-hybridized carbons (Fsp3) is 0.150. The fourth-order valence-electron chi connectivity index (χ4n) is 3.03. The zero-order valence-corrected chi connectivity index (χ0v) is 14.9. The van der Waals surface area contributed by atoms with Gasteiger partial charge in [0.25, 0.3) is 5.69 Å². The molecular formula is C20H15ClN2O4. The smallest absolute Gasteiger partial charge is 0.287 e. The van der Waals surface area contributed by atoms with E-state index in [0.29, 0.717) is 16.7 Å². The highest BCUT2D eigenvalue weighted by Crippen LogP contribution is 2.37. The van der Waals surface area contributed by atoms with Crippen LogP contribution in [0.15, 0.2) is 60.8 Å². The molecule has 27 heavy (non-hydrogen) atoms. The first-order valence-electron chi connectivity index (χ1n) is 8.42. The normalized spacial score (nSPS) is 15.5. The van der Waals surface area contributed by atoms with Gasteiger partial charge in [0.15, 0.2) is 0 Å². The summed E-state index contributed by atoms with van der Waals surface area (Å²) in [5.74, 6) is 1.73. The minimum absolute atomic E-state index is 0.0284. The standard InChI is InChI=1S/C20H15ClN2O4/c21-15-3-1-2-13(10-15)18-7-4-14-11-17(6-8-19(14)27-18)26-20-9-5-16(12-22-20)23(24)25/h1-3,5-6,8-12,18H,4,7H2. The Morgan fingerprint density at radius 1 is 1.19 bits per heavy atom. The molecule has 0 radical (unpaired) electrons. The Balaban J connectivity index is 1.49. The Bertz CT molecular complexity index is 992. The van der Waals surface area contributed by atoms with Crippen molar-refractivity contribution in [3.8, 4) is 17.4 Å². The van der Waals surface area contributed by atoms with Crippen molar-refractivity contribution in [3.05, 3.63) is 87.1 Å². The Labute approximate surface area is 160 Å². The van der Waals surface area contributed by atoms with E-state index in [2.05, 4.69) is 4.98 Å². The first-order chi connectivity index (χ1) is 13.1. The zero-order chi connectivity index (χ0) is 18.8. The minimum atomic E-state index is -0.497. The monoisotopic (exact) mass is 382 g/mol. The summed E-state index contributed by atoms with van der Waals surface area (Å²) >= 11 is 6.07. The fourth-order valence-corrected chi connectivity index (χ4v) is 3.23. The molecule has 1 unspecified atom stereocenters. The number of nitro groups is 1. The van der Waals surface area contributed by atoms with E-state index >= 15 is 0 Å². The molecule has 4 rings (SSSR count). The van der Waals surface area contributed by atoms with Gasteiger partial charge < -0.3 is 9.47 Å². The van der Waals surface area contributed by atoms with Crippen LogP contribution in [0.1, 0.15) is 23.7 Å². The third-order valence-electron chi connectivity index (χ3n) is 4.35. The van der Waals surface area contributed by atoms with Gasteiger partial charge in [-0.25, -0.2) is 4.98 Å². The van der Waals surface area contributed by atoms with Crippen molar-refractivity contribution < 1.29 is 14.4 Å². The number of benzene rings is 2. The van der Waals surface area contributed by atoms with Crippen molar-refractivity contribution in [2.75, 3.05) is 0 Å². The molecule has 1 aromatic heterocycles. The molecule has 2 aromatic carbocycles. The van der Waals surface area contributed by atoms with Gasteiger partial charge >= 0.3 is 0 Å². The predicted molar refractivity (Wildman–Crippen MR) is 101 cm³/mol. The van der Waals surface area contributed by atoms with Gasteiger partial charge in [-0.3, -0.25) is 10.1 Å². The van der Waals surface area contributed by atoms with Crippen LogP contribution < -0.4 is 9.47 Å². The molecule has 2 heterocycles. The minimum Gasteiger partial charge on any atom is -0.485 e. The molecule has 1 aliphatic heterocycles. The topological polar surface area (TPSA) is 74.5 Å². The van der Waals surface area contributed by atoms with Gasteiger partial charge in [-0.2, -0.15) is 0 Å². The molecule has 7 heteroatoms. The molecule has 0 spiro atoms. The number of nitrogens with zero attached hydrogens (tertiary/aromatic N) is 2. The molecule has 0 amide bonds. The van der Waals surface area contributed by atoms with E-state index in [1.807, 2.05) is 36.4 Å². The second-order valence-electron chi connectivity index (χ2n) is 6.18. The van der Waals surface area contributed by atoms with Crippen LogP contribution in [0.5, 0.6) is 17.4 Å². The molecule has 3 aromatic rings. The lowest BCUT2D eigenvalue weighted by atomic mass is 9.97. The highest BCUT2D eigenvalue weighted by atomic mass is 35.5. The van der Waals surface area contributed by atoms with Crippen LogP contribution in [0, 0.1) is 10.1 Å². The second kappa shape index (κ2) is 7.25. The molecule has 136 valence electrons. The summed E-state index contributed by atoms with van der Waals surface area (Å²) in [6.45, 7) is 0. The van der Waals surface area contributed by atoms with Crippen molar-refractivity contribution in [1.29, 1.82) is 0 Å². The average molecular weight is 383 g/mol. The van der Waals surface area contributed by atoms with Crippen molar-refractivity contribution in [1.82, 2.24) is 4.98 Å². The summed E-state index contributed by atoms with van der Waals surface area (Å²) in [5, 5.41) is 11.4. The number of ether oxygens (including phenoxy) is 2. The van der Waals surface area contributed by atoms with Crippen molar-refractivity contribution in [2.45, 2.75) is 18.9 Å². The van der Waals surface area contributed by atoms with Crippen LogP contribution in [0.2, 0.25) is 5.02 Å². The summed E-state index contributed by atoms with van der Waals surface area (Å²) in [5.41, 5.74) is 2.03. The van der Waals surface area contributed by atoms with Crippen LogP contribution in [0.4, 0.5) is 5.69 Å². The lowest BCUT2D eigenvalue weighted by Gasteiger charge is -2.27. The van der Waals surface area contributed by atoms with Gasteiger partial charge in [-0.05, 0) is 54.3 Å². The van der Waals surface area contributed by atoms with Gasteiger partial charge in [0.2, 0.25) is 5.88 Å². The van der Waals surface area contributed by atoms with Gasteiger partial charge in [0.05, 0.1) is 4.92 Å². The lowest BCUT2D eigenvalue weighted by Crippen LogP contribution is -2.15. The molecule has 0 aliphatic carbocycles. The summed E-state index contributed by atoms with van der Waals surface area (Å²) in [7, 11) is 0. The van der Waals surface area contributed by atoms with Crippen molar-refractivity contribution >= 4 is 17.3 Å². The third kappa shape index (κ3) is 3.85. The van der Waals surface area contributed by atoms with Gasteiger partial charge in [-0.1, -0.05) is 23.7 Å². The molecule has 0 fully saturated rings. The molecule has 0 saturated carbocycles. The van der Waals surface area contributed by atoms with Crippen LogP contribution >= 0.6 is 11.6 Å². The van der Waals surface area contributed by atoms with Crippen LogP contribution in [0.3, 0.4) is 0 Å². The van der Waals surface area contributed by atoms with E-state index in [1.54, 1.807) is 6.07 Å². The number of aromatic nitrogens is 1. The maximum atomic E-state index is 10.7. The van der Waals surface area contributed by atoms with E-state index in [9.17, 15) is 10.1 Å². The first-order valence-corrected chi connectivity index (χ1v) is 8.79. The molecule has 0 saturated heterocycles. The number of halogens is 1. The number of pyridine rings is 1. The average Bonchev–Trinajstić information content (AvgIpc) is 2.68. The molecule has 6 nitrogen and oxygen atoms in total. The summed E-state index contributed by atoms with van der Waals surface area (Å²) < 4.78 is 11.8. The second-order valence-corrected chi connectivity index (χ2v) is 6.62. The summed E-state index contributed by atoms with van der Waals surface area (Å²) in [4.78, 5) is 14.1. The van der Waals surface area contributed by atoms with Gasteiger partial charge in [-0.15, -0.1) is 0 Å². The van der Waals surface area contributed by atoms with E-state index in [1.165, 1.54) is 18.3 Å². The van der Waals surface area contributed by atoms with Crippen molar-refractivity contribution in [3.63, 3.8) is 0 Å². The largest absolute Gasteiger partial charge is 0.485 e. The Kier molecular flexibility index (Phi) is 4.64. The number of hydrogen-bond acceptors (Lipinski definition) is 5. The predicted octanol–water partition coefficient (Wildman–Crippen LogP) is 5.50. The molecule has 1 aliphatic rings. The first kappa shape index (κ1) is 17.3. The number of aryl methyl sites for hydroxylation is 1. The number of hydrogen-bond donors (Lipinski definition) is 0. The van der Waals surface area contributed by atoms with E-state index < -0.39 is 4.92 Å². The Morgan fingerprint density at radius 3 is 2.81 bits per heavy atom. The number of fused-ring (bicyclic) bond motifs is 1. The Hall–Kier alpha value is -3.12. The maximum Gasteiger partial charge on any atom is 0.287 e. The van der Waals surface area contributed by atoms with E-state index in [-0.39, 0.29) is 11.8 Å². The van der Waals surface area contributed by atoms with E-state index in [0.717, 1.165) is 29.7 Å². The highest BCUT2D eigenvalue weighted by Gasteiger charge is 2.22. The summed E-state index contributed by atoms with van der Waals surface area (Å²) in [6.07, 6.45) is 2.83. The number of rotatable bonds is 4. The quantitative estimate of drug-likeness (QED) is 0.439. The molecule has 0 bridgehead atoms. The summed E-state index contributed by atoms with van der Waals surface area (Å²) in [6, 6.07) is 16.1. The molecular weight excluding hydrogens is 368 g/mol. The van der Waals surface area contributed by atoms with E-state index in [4.69, 9.17) is 21.1 Å². The van der Waals surface area contributed by atoms with Crippen LogP contribution in [-0.2, 0) is 6.42 Å². The van der Waals surface area contributed by atoms with Crippen molar-refractivity contribution in [2.24, 2.45) is 0 Å². The lowest BCUT2D eigenvalue weighted by molar-refractivity contribution is -0.385.